The van der Waals surface area contributed by atoms with Gasteiger partial charge in [-0.3, -0.25) is 0 Å². The lowest BCUT2D eigenvalue weighted by atomic mass is 10.2. The van der Waals surface area contributed by atoms with Crippen molar-refractivity contribution in [2.45, 2.75) is 10.6 Å². The summed E-state index contributed by atoms with van der Waals surface area (Å²) < 4.78 is 50.7. The van der Waals surface area contributed by atoms with Gasteiger partial charge in [0.25, 0.3) is 0 Å². The minimum absolute atomic E-state index is 0.0347. The van der Waals surface area contributed by atoms with Gasteiger partial charge in [0.15, 0.2) is 9.84 Å². The highest BCUT2D eigenvalue weighted by Gasteiger charge is 2.20. The third kappa shape index (κ3) is 3.08. The van der Waals surface area contributed by atoms with E-state index in [1.54, 1.807) is 0 Å². The van der Waals surface area contributed by atoms with E-state index >= 15 is 0 Å². The van der Waals surface area contributed by atoms with Crippen LogP contribution in [-0.2, 0) is 15.6 Å². The summed E-state index contributed by atoms with van der Waals surface area (Å²) in [6.07, 6.45) is 0. The molecule has 20 heavy (non-hydrogen) atoms. The predicted octanol–water partition coefficient (Wildman–Crippen LogP) is 3.17. The van der Waals surface area contributed by atoms with E-state index in [1.165, 1.54) is 18.2 Å². The minimum Gasteiger partial charge on any atom is -0.399 e. The summed E-state index contributed by atoms with van der Waals surface area (Å²) in [4.78, 5) is -0.142. The number of hydrogen-bond acceptors (Lipinski definition) is 3. The molecular weight excluding hydrogens is 308 g/mol. The third-order valence-corrected chi connectivity index (χ3v) is 4.79. The van der Waals surface area contributed by atoms with Gasteiger partial charge in [0.05, 0.1) is 15.7 Å². The normalized spacial score (nSPS) is 11.6. The highest BCUT2D eigenvalue weighted by atomic mass is 35.5. The summed E-state index contributed by atoms with van der Waals surface area (Å²) >= 11 is 5.83. The van der Waals surface area contributed by atoms with Gasteiger partial charge < -0.3 is 5.73 Å². The first-order valence-corrected chi connectivity index (χ1v) is 7.54. The van der Waals surface area contributed by atoms with E-state index in [2.05, 4.69) is 0 Å². The third-order valence-electron chi connectivity index (χ3n) is 2.65. The molecule has 0 saturated heterocycles. The Morgan fingerprint density at radius 1 is 1.10 bits per heavy atom. The van der Waals surface area contributed by atoms with Gasteiger partial charge in [-0.2, -0.15) is 0 Å². The van der Waals surface area contributed by atoms with Gasteiger partial charge in [-0.25, -0.2) is 17.2 Å². The van der Waals surface area contributed by atoms with Gasteiger partial charge >= 0.3 is 0 Å². The number of halogens is 3. The minimum atomic E-state index is -3.85. The molecule has 106 valence electrons. The number of benzene rings is 2. The Hall–Kier alpha value is -1.66. The molecule has 2 aromatic carbocycles. The van der Waals surface area contributed by atoms with Gasteiger partial charge in [0.2, 0.25) is 0 Å². The lowest BCUT2D eigenvalue weighted by Gasteiger charge is -2.08. The monoisotopic (exact) mass is 317 g/mol. The summed E-state index contributed by atoms with van der Waals surface area (Å²) in [6, 6.07) is 6.67. The van der Waals surface area contributed by atoms with Crippen LogP contribution in [0.1, 0.15) is 5.56 Å². The Balaban J connectivity index is 2.41. The van der Waals surface area contributed by atoms with Crippen LogP contribution in [-0.4, -0.2) is 8.42 Å². The molecule has 0 spiro atoms. The van der Waals surface area contributed by atoms with Crippen molar-refractivity contribution in [2.75, 3.05) is 5.73 Å². The van der Waals surface area contributed by atoms with E-state index in [9.17, 15) is 17.2 Å². The Bertz CT molecular complexity index is 763. The molecule has 3 nitrogen and oxygen atoms in total. The second kappa shape index (κ2) is 5.38. The molecular formula is C13H10ClF2NO2S. The van der Waals surface area contributed by atoms with E-state index in [4.69, 9.17) is 17.3 Å². The fraction of sp³-hybridized carbons (Fsp3) is 0.0769. The standard InChI is InChI=1S/C13H10ClF2NO2S/c14-11-6-10(17)3-4-13(11)20(18,19)7-8-1-2-9(15)5-12(8)16/h1-6H,7,17H2. The first kappa shape index (κ1) is 14.7. The first-order valence-electron chi connectivity index (χ1n) is 5.51. The Morgan fingerprint density at radius 3 is 2.40 bits per heavy atom. The predicted molar refractivity (Wildman–Crippen MR) is 73.1 cm³/mol. The second-order valence-corrected chi connectivity index (χ2v) is 6.55. The summed E-state index contributed by atoms with van der Waals surface area (Å²) in [5.74, 6) is -2.29. The maximum atomic E-state index is 13.5. The van der Waals surface area contributed by atoms with Crippen LogP contribution in [0.3, 0.4) is 0 Å². The van der Waals surface area contributed by atoms with Crippen molar-refractivity contribution < 1.29 is 17.2 Å². The molecule has 0 heterocycles. The SMILES string of the molecule is Nc1ccc(S(=O)(=O)Cc2ccc(F)cc2F)c(Cl)c1. The molecule has 0 aliphatic heterocycles. The molecule has 2 rings (SSSR count). The molecule has 7 heteroatoms. The maximum Gasteiger partial charge on any atom is 0.184 e. The van der Waals surface area contributed by atoms with Crippen molar-refractivity contribution in [3.8, 4) is 0 Å². The van der Waals surface area contributed by atoms with E-state index in [-0.39, 0.29) is 15.5 Å². The van der Waals surface area contributed by atoms with Crippen LogP contribution in [0.5, 0.6) is 0 Å². The molecule has 0 fully saturated rings. The van der Waals surface area contributed by atoms with E-state index in [0.29, 0.717) is 11.8 Å². The van der Waals surface area contributed by atoms with Gasteiger partial charge in [0.1, 0.15) is 11.6 Å². The van der Waals surface area contributed by atoms with Gasteiger partial charge in [-0.1, -0.05) is 17.7 Å². The summed E-state index contributed by atoms with van der Waals surface area (Å²) in [5.41, 5.74) is 5.68. The number of nitrogen functional groups attached to an aromatic ring is 1. The topological polar surface area (TPSA) is 60.2 Å². The van der Waals surface area contributed by atoms with Crippen molar-refractivity contribution >= 4 is 27.1 Å². The first-order chi connectivity index (χ1) is 9.29. The van der Waals surface area contributed by atoms with Crippen LogP contribution < -0.4 is 5.73 Å². The quantitative estimate of drug-likeness (QED) is 0.884. The summed E-state index contributed by atoms with van der Waals surface area (Å²) in [7, 11) is -3.85. The molecule has 0 unspecified atom stereocenters. The fourth-order valence-corrected chi connectivity index (χ4v) is 3.66. The largest absolute Gasteiger partial charge is 0.399 e. The highest BCUT2D eigenvalue weighted by molar-refractivity contribution is 7.90. The van der Waals surface area contributed by atoms with Crippen molar-refractivity contribution in [3.63, 3.8) is 0 Å². The van der Waals surface area contributed by atoms with Gasteiger partial charge in [-0.15, -0.1) is 0 Å². The van der Waals surface area contributed by atoms with Crippen molar-refractivity contribution in [1.29, 1.82) is 0 Å². The Labute approximate surface area is 119 Å². The van der Waals surface area contributed by atoms with E-state index in [0.717, 1.165) is 12.1 Å². The average molecular weight is 318 g/mol. The lowest BCUT2D eigenvalue weighted by molar-refractivity contribution is 0.569. The zero-order valence-electron chi connectivity index (χ0n) is 10.1. The Kier molecular flexibility index (Phi) is 3.96. The van der Waals surface area contributed by atoms with Crippen LogP contribution in [0.15, 0.2) is 41.3 Å². The van der Waals surface area contributed by atoms with Crippen LogP contribution in [0.2, 0.25) is 5.02 Å². The molecule has 0 aliphatic carbocycles. The number of hydrogen-bond donors (Lipinski definition) is 1. The van der Waals surface area contributed by atoms with Crippen molar-refractivity contribution in [1.82, 2.24) is 0 Å². The van der Waals surface area contributed by atoms with Crippen LogP contribution in [0.4, 0.5) is 14.5 Å². The molecule has 0 bridgehead atoms. The zero-order chi connectivity index (χ0) is 14.9. The Morgan fingerprint density at radius 2 is 1.80 bits per heavy atom. The molecule has 0 aliphatic rings. The van der Waals surface area contributed by atoms with Gasteiger partial charge in [-0.05, 0) is 24.3 Å². The van der Waals surface area contributed by atoms with Crippen LogP contribution in [0.25, 0.3) is 0 Å². The van der Waals surface area contributed by atoms with E-state index in [1.807, 2.05) is 0 Å². The van der Waals surface area contributed by atoms with E-state index < -0.39 is 27.2 Å². The molecule has 0 atom stereocenters. The van der Waals surface area contributed by atoms with Crippen molar-refractivity contribution in [3.05, 3.63) is 58.6 Å². The van der Waals surface area contributed by atoms with Crippen molar-refractivity contribution in [2.24, 2.45) is 0 Å². The smallest absolute Gasteiger partial charge is 0.184 e. The zero-order valence-corrected chi connectivity index (χ0v) is 11.7. The molecule has 0 aromatic heterocycles. The molecule has 2 N–H and O–H groups in total. The molecule has 0 saturated carbocycles. The number of sulfone groups is 1. The number of nitrogens with two attached hydrogens (primary N) is 1. The lowest BCUT2D eigenvalue weighted by Crippen LogP contribution is -2.07. The summed E-state index contributed by atoms with van der Waals surface area (Å²) in [5, 5.41) is -0.0347. The number of rotatable bonds is 3. The van der Waals surface area contributed by atoms with Crippen LogP contribution >= 0.6 is 11.6 Å². The molecule has 0 amide bonds. The maximum absolute atomic E-state index is 13.5. The highest BCUT2D eigenvalue weighted by Crippen LogP contribution is 2.27. The second-order valence-electron chi connectivity index (χ2n) is 4.18. The molecule has 2 aromatic rings. The fourth-order valence-electron chi connectivity index (χ4n) is 1.69. The summed E-state index contributed by atoms with van der Waals surface area (Å²) in [6.45, 7) is 0. The number of anilines is 1. The molecule has 0 radical (unpaired) electrons. The van der Waals surface area contributed by atoms with Crippen LogP contribution in [0, 0.1) is 11.6 Å². The average Bonchev–Trinajstić information content (AvgIpc) is 2.32. The van der Waals surface area contributed by atoms with Gasteiger partial charge in [0, 0.05) is 17.3 Å².